The highest BCUT2D eigenvalue weighted by atomic mass is 35.5. The average molecular weight is 320 g/mol. The van der Waals surface area contributed by atoms with E-state index in [0.717, 1.165) is 19.3 Å². The first-order chi connectivity index (χ1) is 10.6. The Kier molecular flexibility index (Phi) is 4.21. The van der Waals surface area contributed by atoms with Crippen molar-refractivity contribution in [1.82, 2.24) is 0 Å². The number of amides is 2. The van der Waals surface area contributed by atoms with Crippen LogP contribution >= 0.6 is 11.6 Å². The highest BCUT2D eigenvalue weighted by Crippen LogP contribution is 2.37. The molecule has 0 fully saturated rings. The summed E-state index contributed by atoms with van der Waals surface area (Å²) in [4.78, 5) is 26.3. The number of ether oxygens (including phenoxy) is 1. The van der Waals surface area contributed by atoms with Crippen LogP contribution in [-0.4, -0.2) is 18.4 Å². The van der Waals surface area contributed by atoms with Gasteiger partial charge in [-0.25, -0.2) is 4.90 Å². The van der Waals surface area contributed by atoms with Crippen LogP contribution in [0.1, 0.15) is 39.0 Å². The van der Waals surface area contributed by atoms with E-state index >= 15 is 0 Å². The van der Waals surface area contributed by atoms with Crippen LogP contribution in [0.3, 0.4) is 0 Å². The lowest BCUT2D eigenvalue weighted by Gasteiger charge is -2.17. The highest BCUT2D eigenvalue weighted by molar-refractivity contribution is 6.34. The van der Waals surface area contributed by atoms with Crippen molar-refractivity contribution in [1.29, 1.82) is 0 Å². The van der Waals surface area contributed by atoms with Crippen LogP contribution in [0.25, 0.3) is 0 Å². The van der Waals surface area contributed by atoms with E-state index in [1.807, 2.05) is 6.92 Å². The second-order valence-corrected chi connectivity index (χ2v) is 5.98. The van der Waals surface area contributed by atoms with Gasteiger partial charge in [0.2, 0.25) is 0 Å². The van der Waals surface area contributed by atoms with Gasteiger partial charge in [-0.1, -0.05) is 18.5 Å². The quantitative estimate of drug-likeness (QED) is 0.791. The molecule has 0 saturated carbocycles. The first kappa shape index (κ1) is 15.1. The summed E-state index contributed by atoms with van der Waals surface area (Å²) in [5, 5.41) is 0.481. The minimum Gasteiger partial charge on any atom is -0.492 e. The molecule has 116 valence electrons. The van der Waals surface area contributed by atoms with Crippen LogP contribution in [-0.2, 0) is 9.59 Å². The summed E-state index contributed by atoms with van der Waals surface area (Å²) in [6, 6.07) is 5.03. The molecule has 3 rings (SSSR count). The SMILES string of the molecule is CCCOc1cc(N2C(=O)C3=C(CCCC3)C2=O)ccc1Cl. The average Bonchev–Trinajstić information content (AvgIpc) is 2.79. The fraction of sp³-hybridized carbons (Fsp3) is 0.412. The number of imide groups is 1. The van der Waals surface area contributed by atoms with Gasteiger partial charge in [-0.3, -0.25) is 9.59 Å². The van der Waals surface area contributed by atoms with Crippen LogP contribution in [0.5, 0.6) is 5.75 Å². The van der Waals surface area contributed by atoms with Gasteiger partial charge in [0.05, 0.1) is 17.3 Å². The van der Waals surface area contributed by atoms with Crippen LogP contribution < -0.4 is 9.64 Å². The Labute approximate surface area is 134 Å². The van der Waals surface area contributed by atoms with E-state index in [-0.39, 0.29) is 11.8 Å². The Bertz CT molecular complexity index is 638. The number of rotatable bonds is 4. The fourth-order valence-electron chi connectivity index (χ4n) is 2.93. The van der Waals surface area contributed by atoms with Crippen molar-refractivity contribution in [2.45, 2.75) is 39.0 Å². The molecule has 0 radical (unpaired) electrons. The smallest absolute Gasteiger partial charge is 0.261 e. The number of nitrogens with zero attached hydrogens (tertiary/aromatic N) is 1. The molecular formula is C17H18ClNO3. The van der Waals surface area contributed by atoms with Gasteiger partial charge in [0.15, 0.2) is 0 Å². The second-order valence-electron chi connectivity index (χ2n) is 5.57. The van der Waals surface area contributed by atoms with Crippen molar-refractivity contribution >= 4 is 29.1 Å². The second kappa shape index (κ2) is 6.13. The fourth-order valence-corrected chi connectivity index (χ4v) is 3.10. The zero-order valence-electron chi connectivity index (χ0n) is 12.5. The van der Waals surface area contributed by atoms with E-state index in [2.05, 4.69) is 0 Å². The van der Waals surface area contributed by atoms with Crippen molar-refractivity contribution in [2.75, 3.05) is 11.5 Å². The topological polar surface area (TPSA) is 46.6 Å². The normalized spacial score (nSPS) is 18.0. The first-order valence-electron chi connectivity index (χ1n) is 7.66. The van der Waals surface area contributed by atoms with Crippen molar-refractivity contribution in [3.05, 3.63) is 34.4 Å². The van der Waals surface area contributed by atoms with Crippen molar-refractivity contribution in [3.8, 4) is 5.75 Å². The summed E-state index contributed by atoms with van der Waals surface area (Å²) < 4.78 is 5.58. The number of anilines is 1. The van der Waals surface area contributed by atoms with Crippen LogP contribution in [0.4, 0.5) is 5.69 Å². The Hall–Kier alpha value is -1.81. The zero-order valence-corrected chi connectivity index (χ0v) is 13.3. The molecule has 1 aromatic carbocycles. The number of hydrogen-bond acceptors (Lipinski definition) is 3. The Balaban J connectivity index is 1.92. The molecule has 1 aliphatic carbocycles. The molecule has 2 amide bonds. The van der Waals surface area contributed by atoms with Gasteiger partial charge in [-0.05, 0) is 44.2 Å². The molecule has 0 unspecified atom stereocenters. The number of benzene rings is 1. The predicted octanol–water partition coefficient (Wildman–Crippen LogP) is 3.87. The molecule has 0 spiro atoms. The molecule has 5 heteroatoms. The van der Waals surface area contributed by atoms with E-state index in [1.165, 1.54) is 4.90 Å². The summed E-state index contributed by atoms with van der Waals surface area (Å²) in [5.41, 5.74) is 1.89. The number of hydrogen-bond donors (Lipinski definition) is 0. The largest absolute Gasteiger partial charge is 0.492 e. The summed E-state index contributed by atoms with van der Waals surface area (Å²) in [6.45, 7) is 2.54. The van der Waals surface area contributed by atoms with Crippen LogP contribution in [0, 0.1) is 0 Å². The third-order valence-electron chi connectivity index (χ3n) is 4.03. The minimum atomic E-state index is -0.191. The summed E-state index contributed by atoms with van der Waals surface area (Å²) in [5.74, 6) is 0.124. The third kappa shape index (κ3) is 2.52. The van der Waals surface area contributed by atoms with Gasteiger partial charge in [0.1, 0.15) is 5.75 Å². The zero-order chi connectivity index (χ0) is 15.7. The minimum absolute atomic E-state index is 0.191. The molecule has 2 aliphatic rings. The molecule has 0 aromatic heterocycles. The van der Waals surface area contributed by atoms with Crippen LogP contribution in [0.15, 0.2) is 29.3 Å². The number of carbonyl (C=O) groups is 2. The molecule has 0 saturated heterocycles. The van der Waals surface area contributed by atoms with Crippen molar-refractivity contribution in [2.24, 2.45) is 0 Å². The third-order valence-corrected chi connectivity index (χ3v) is 4.34. The number of carbonyl (C=O) groups excluding carboxylic acids is 2. The standard InChI is InChI=1S/C17H18ClNO3/c1-2-9-22-15-10-11(7-8-14(15)18)19-16(20)12-5-3-4-6-13(12)17(19)21/h7-8,10H,2-6,9H2,1H3. The molecule has 1 aliphatic heterocycles. The van der Waals surface area contributed by atoms with Crippen LogP contribution in [0.2, 0.25) is 5.02 Å². The van der Waals surface area contributed by atoms with Gasteiger partial charge in [-0.15, -0.1) is 0 Å². The van der Waals surface area contributed by atoms with E-state index in [9.17, 15) is 9.59 Å². The lowest BCUT2D eigenvalue weighted by atomic mass is 9.93. The summed E-state index contributed by atoms with van der Waals surface area (Å²) in [6.07, 6.45) is 4.19. The van der Waals surface area contributed by atoms with E-state index in [1.54, 1.807) is 18.2 Å². The lowest BCUT2D eigenvalue weighted by Crippen LogP contribution is -2.31. The number of halogens is 1. The summed E-state index contributed by atoms with van der Waals surface area (Å²) >= 11 is 6.11. The van der Waals surface area contributed by atoms with Crippen molar-refractivity contribution < 1.29 is 14.3 Å². The molecule has 0 bridgehead atoms. The Morgan fingerprint density at radius 1 is 1.14 bits per heavy atom. The first-order valence-corrected chi connectivity index (χ1v) is 8.04. The van der Waals surface area contributed by atoms with Gasteiger partial charge in [-0.2, -0.15) is 0 Å². The molecule has 4 nitrogen and oxygen atoms in total. The van der Waals surface area contributed by atoms with E-state index in [4.69, 9.17) is 16.3 Å². The molecule has 1 heterocycles. The van der Waals surface area contributed by atoms with E-state index in [0.29, 0.717) is 47.1 Å². The lowest BCUT2D eigenvalue weighted by molar-refractivity contribution is -0.120. The van der Waals surface area contributed by atoms with Crippen molar-refractivity contribution in [3.63, 3.8) is 0 Å². The molecule has 0 N–H and O–H groups in total. The van der Waals surface area contributed by atoms with Gasteiger partial charge < -0.3 is 4.74 Å². The highest BCUT2D eigenvalue weighted by Gasteiger charge is 2.39. The maximum atomic E-state index is 12.5. The maximum Gasteiger partial charge on any atom is 0.261 e. The molecule has 0 atom stereocenters. The summed E-state index contributed by atoms with van der Waals surface area (Å²) in [7, 11) is 0. The molecule has 22 heavy (non-hydrogen) atoms. The van der Waals surface area contributed by atoms with Gasteiger partial charge in [0, 0.05) is 17.2 Å². The predicted molar refractivity (Wildman–Crippen MR) is 85.2 cm³/mol. The maximum absolute atomic E-state index is 12.5. The Morgan fingerprint density at radius 2 is 1.77 bits per heavy atom. The molecule has 1 aromatic rings. The molecular weight excluding hydrogens is 302 g/mol. The van der Waals surface area contributed by atoms with Gasteiger partial charge in [0.25, 0.3) is 11.8 Å². The van der Waals surface area contributed by atoms with Gasteiger partial charge >= 0.3 is 0 Å². The van der Waals surface area contributed by atoms with E-state index < -0.39 is 0 Å². The monoisotopic (exact) mass is 319 g/mol. The Morgan fingerprint density at radius 3 is 2.36 bits per heavy atom.